The predicted molar refractivity (Wildman–Crippen MR) is 73.4 cm³/mol. The number of carbonyl (C=O) groups excluding carboxylic acids is 1. The molecule has 1 aliphatic carbocycles. The molecule has 0 radical (unpaired) electrons. The van der Waals surface area contributed by atoms with E-state index in [2.05, 4.69) is 0 Å². The molecule has 2 rings (SSSR count). The molecule has 2 N–H and O–H groups in total. The van der Waals surface area contributed by atoms with Crippen LogP contribution in [-0.4, -0.2) is 64.3 Å². The zero-order valence-electron chi connectivity index (χ0n) is 12.0. The molecule has 2 atom stereocenters. The Bertz CT molecular complexity index is 387. The Kier molecular flexibility index (Phi) is 4.52. The number of rotatable bonds is 3. The van der Waals surface area contributed by atoms with Crippen molar-refractivity contribution in [3.05, 3.63) is 0 Å². The number of hydrogen-bond acceptors (Lipinski definition) is 3. The van der Waals surface area contributed by atoms with Gasteiger partial charge in [0.2, 0.25) is 0 Å². The molecule has 2 fully saturated rings. The molecule has 0 aromatic heterocycles. The van der Waals surface area contributed by atoms with Crippen molar-refractivity contribution < 1.29 is 19.8 Å². The highest BCUT2D eigenvalue weighted by molar-refractivity contribution is 5.75. The third kappa shape index (κ3) is 3.23. The van der Waals surface area contributed by atoms with Crippen LogP contribution in [0.1, 0.15) is 38.5 Å². The zero-order chi connectivity index (χ0) is 14.8. The second-order valence-electron chi connectivity index (χ2n) is 6.09. The summed E-state index contributed by atoms with van der Waals surface area (Å²) in [5.74, 6) is -0.730. The molecule has 1 saturated carbocycles. The van der Waals surface area contributed by atoms with Crippen LogP contribution in [0.5, 0.6) is 0 Å². The molecule has 2 aliphatic rings. The quantitative estimate of drug-likeness (QED) is 0.814. The first-order chi connectivity index (χ1) is 9.42. The van der Waals surface area contributed by atoms with Gasteiger partial charge in [-0.05, 0) is 19.3 Å². The van der Waals surface area contributed by atoms with Gasteiger partial charge in [-0.2, -0.15) is 0 Å². The summed E-state index contributed by atoms with van der Waals surface area (Å²) in [6.45, 7) is 1.37. The number of urea groups is 1. The van der Waals surface area contributed by atoms with Gasteiger partial charge in [-0.1, -0.05) is 12.8 Å². The minimum Gasteiger partial charge on any atom is -0.481 e. The maximum Gasteiger partial charge on any atom is 0.319 e. The average molecular weight is 284 g/mol. The minimum atomic E-state index is -0.898. The minimum absolute atomic E-state index is 0.0382. The van der Waals surface area contributed by atoms with Crippen LogP contribution in [0.15, 0.2) is 0 Å². The van der Waals surface area contributed by atoms with Crippen LogP contribution in [-0.2, 0) is 4.79 Å². The second kappa shape index (κ2) is 5.99. The summed E-state index contributed by atoms with van der Waals surface area (Å²) in [6.07, 6.45) is 4.59. The molecule has 0 bridgehead atoms. The lowest BCUT2D eigenvalue weighted by Gasteiger charge is -2.47. The number of amides is 2. The van der Waals surface area contributed by atoms with Gasteiger partial charge >= 0.3 is 12.0 Å². The lowest BCUT2D eigenvalue weighted by atomic mass is 9.71. The Labute approximate surface area is 119 Å². The first kappa shape index (κ1) is 15.1. The Morgan fingerprint density at radius 3 is 2.80 bits per heavy atom. The van der Waals surface area contributed by atoms with Gasteiger partial charge in [-0.3, -0.25) is 4.79 Å². The molecule has 6 heteroatoms. The highest BCUT2D eigenvalue weighted by atomic mass is 16.4. The molecular formula is C14H24N2O4. The number of carboxylic acid groups (broad SMARTS) is 1. The fourth-order valence-corrected chi connectivity index (χ4v) is 3.35. The van der Waals surface area contributed by atoms with E-state index >= 15 is 0 Å². The monoisotopic (exact) mass is 284 g/mol. The summed E-state index contributed by atoms with van der Waals surface area (Å²) in [5, 5.41) is 19.2. The first-order valence-electron chi connectivity index (χ1n) is 7.36. The average Bonchev–Trinajstić information content (AvgIpc) is 2.42. The Morgan fingerprint density at radius 2 is 2.10 bits per heavy atom. The van der Waals surface area contributed by atoms with Gasteiger partial charge in [0.15, 0.2) is 0 Å². The molecule has 2 unspecified atom stereocenters. The molecule has 6 nitrogen and oxygen atoms in total. The van der Waals surface area contributed by atoms with Crippen LogP contribution < -0.4 is 0 Å². The summed E-state index contributed by atoms with van der Waals surface area (Å²) in [7, 11) is 1.63. The van der Waals surface area contributed by atoms with Gasteiger partial charge < -0.3 is 20.0 Å². The summed E-state index contributed by atoms with van der Waals surface area (Å²) in [6, 6.07) is -0.126. The van der Waals surface area contributed by atoms with E-state index in [1.165, 1.54) is 4.90 Å². The highest BCUT2D eigenvalue weighted by Crippen LogP contribution is 2.39. The molecule has 0 spiro atoms. The van der Waals surface area contributed by atoms with E-state index in [0.29, 0.717) is 19.5 Å². The summed E-state index contributed by atoms with van der Waals surface area (Å²) >= 11 is 0. The number of piperidine rings is 1. The summed E-state index contributed by atoms with van der Waals surface area (Å²) in [5.41, 5.74) is -0.589. The molecule has 0 aromatic rings. The largest absolute Gasteiger partial charge is 0.481 e. The van der Waals surface area contributed by atoms with Crippen molar-refractivity contribution in [2.75, 3.05) is 26.7 Å². The predicted octanol–water partition coefficient (Wildman–Crippen LogP) is 1.14. The van der Waals surface area contributed by atoms with Crippen molar-refractivity contribution >= 4 is 12.0 Å². The van der Waals surface area contributed by atoms with Gasteiger partial charge in [0.25, 0.3) is 0 Å². The number of carboxylic acids is 1. The van der Waals surface area contributed by atoms with Crippen LogP contribution >= 0.6 is 0 Å². The SMILES string of the molecule is CN(CCC(=O)O)C(=O)N1CCC2(O)CCCCC2C1. The number of fused-ring (bicyclic) bond motifs is 1. The third-order valence-electron chi connectivity index (χ3n) is 4.69. The fraction of sp³-hybridized carbons (Fsp3) is 0.857. The maximum absolute atomic E-state index is 12.3. The maximum atomic E-state index is 12.3. The number of aliphatic carboxylic acids is 1. The summed E-state index contributed by atoms with van der Waals surface area (Å²) in [4.78, 5) is 26.0. The van der Waals surface area contributed by atoms with E-state index in [1.807, 2.05) is 0 Å². The molecule has 1 heterocycles. The standard InChI is InChI=1S/C14H24N2O4/c1-15(8-5-12(17)18)13(19)16-9-7-14(20)6-3-2-4-11(14)10-16/h11,20H,2-10H2,1H3,(H,17,18). The van der Waals surface area contributed by atoms with Crippen molar-refractivity contribution in [3.8, 4) is 0 Å². The molecular weight excluding hydrogens is 260 g/mol. The lowest BCUT2D eigenvalue weighted by molar-refractivity contribution is -0.137. The van der Waals surface area contributed by atoms with E-state index in [0.717, 1.165) is 25.7 Å². The van der Waals surface area contributed by atoms with Crippen molar-refractivity contribution in [1.82, 2.24) is 9.80 Å². The number of carbonyl (C=O) groups is 2. The van der Waals surface area contributed by atoms with E-state index in [-0.39, 0.29) is 24.9 Å². The van der Waals surface area contributed by atoms with Gasteiger partial charge in [0.05, 0.1) is 12.0 Å². The van der Waals surface area contributed by atoms with Crippen LogP contribution in [0, 0.1) is 5.92 Å². The first-order valence-corrected chi connectivity index (χ1v) is 7.36. The van der Waals surface area contributed by atoms with Gasteiger partial charge in [0, 0.05) is 32.6 Å². The smallest absolute Gasteiger partial charge is 0.319 e. The second-order valence-corrected chi connectivity index (χ2v) is 6.09. The topological polar surface area (TPSA) is 81.1 Å². The van der Waals surface area contributed by atoms with E-state index < -0.39 is 11.6 Å². The van der Waals surface area contributed by atoms with E-state index in [1.54, 1.807) is 11.9 Å². The normalized spacial score (nSPS) is 29.7. The Hall–Kier alpha value is -1.30. The van der Waals surface area contributed by atoms with Gasteiger partial charge in [-0.15, -0.1) is 0 Å². The van der Waals surface area contributed by atoms with Crippen molar-refractivity contribution in [3.63, 3.8) is 0 Å². The van der Waals surface area contributed by atoms with Crippen LogP contribution in [0.4, 0.5) is 4.79 Å². The van der Waals surface area contributed by atoms with Crippen molar-refractivity contribution in [1.29, 1.82) is 0 Å². The highest BCUT2D eigenvalue weighted by Gasteiger charge is 2.44. The molecule has 0 aromatic carbocycles. The number of aliphatic hydroxyl groups is 1. The summed E-state index contributed by atoms with van der Waals surface area (Å²) < 4.78 is 0. The molecule has 20 heavy (non-hydrogen) atoms. The van der Waals surface area contributed by atoms with E-state index in [9.17, 15) is 14.7 Å². The Morgan fingerprint density at radius 1 is 1.35 bits per heavy atom. The number of likely N-dealkylation sites (tertiary alicyclic amines) is 1. The van der Waals surface area contributed by atoms with Crippen LogP contribution in [0.3, 0.4) is 0 Å². The van der Waals surface area contributed by atoms with Crippen LogP contribution in [0.2, 0.25) is 0 Å². The zero-order valence-corrected chi connectivity index (χ0v) is 12.0. The Balaban J connectivity index is 1.90. The van der Waals surface area contributed by atoms with Crippen molar-refractivity contribution in [2.24, 2.45) is 5.92 Å². The third-order valence-corrected chi connectivity index (χ3v) is 4.69. The van der Waals surface area contributed by atoms with Crippen LogP contribution in [0.25, 0.3) is 0 Å². The molecule has 1 saturated heterocycles. The van der Waals surface area contributed by atoms with Gasteiger partial charge in [-0.25, -0.2) is 4.79 Å². The van der Waals surface area contributed by atoms with Gasteiger partial charge in [0.1, 0.15) is 0 Å². The number of hydrogen-bond donors (Lipinski definition) is 2. The van der Waals surface area contributed by atoms with E-state index in [4.69, 9.17) is 5.11 Å². The molecule has 2 amide bonds. The fourth-order valence-electron chi connectivity index (χ4n) is 3.35. The lowest BCUT2D eigenvalue weighted by Crippen LogP contribution is -2.56. The number of nitrogens with zero attached hydrogens (tertiary/aromatic N) is 2. The molecule has 114 valence electrons. The van der Waals surface area contributed by atoms with Crippen molar-refractivity contribution in [2.45, 2.75) is 44.1 Å². The molecule has 1 aliphatic heterocycles.